The summed E-state index contributed by atoms with van der Waals surface area (Å²) in [6.45, 7) is 4.86. The molecule has 114 valence electrons. The number of benzene rings is 1. The Morgan fingerprint density at radius 2 is 2.00 bits per heavy atom. The summed E-state index contributed by atoms with van der Waals surface area (Å²) in [6.07, 6.45) is 4.92. The number of amides is 1. The molecule has 2 fully saturated rings. The van der Waals surface area contributed by atoms with Gasteiger partial charge in [0, 0.05) is 24.1 Å². The van der Waals surface area contributed by atoms with Crippen LogP contribution in [0.3, 0.4) is 0 Å². The summed E-state index contributed by atoms with van der Waals surface area (Å²) in [5, 5.41) is 10.2. The van der Waals surface area contributed by atoms with E-state index in [0.29, 0.717) is 0 Å². The van der Waals surface area contributed by atoms with Crippen LogP contribution in [0.2, 0.25) is 0 Å². The average Bonchev–Trinajstić information content (AvgIpc) is 3.08. The molecule has 1 aliphatic heterocycles. The number of hydrogen-bond acceptors (Lipinski definition) is 2. The molecule has 3 nitrogen and oxygen atoms in total. The fourth-order valence-electron chi connectivity index (χ4n) is 4.03. The number of aliphatic hydroxyl groups excluding tert-OH is 1. The molecule has 1 aliphatic carbocycles. The third-order valence-corrected chi connectivity index (χ3v) is 5.21. The lowest BCUT2D eigenvalue weighted by Crippen LogP contribution is -2.42. The van der Waals surface area contributed by atoms with Crippen LogP contribution < -0.4 is 0 Å². The van der Waals surface area contributed by atoms with E-state index in [9.17, 15) is 9.90 Å². The van der Waals surface area contributed by atoms with E-state index in [0.717, 1.165) is 55.3 Å². The Morgan fingerprint density at radius 3 is 2.71 bits per heavy atom. The predicted molar refractivity (Wildman–Crippen MR) is 83.3 cm³/mol. The molecular formula is C18H25NO2. The molecule has 3 unspecified atom stereocenters. The Balaban J connectivity index is 1.84. The molecule has 1 N–H and O–H groups in total. The van der Waals surface area contributed by atoms with Crippen molar-refractivity contribution in [3.63, 3.8) is 0 Å². The van der Waals surface area contributed by atoms with E-state index in [-0.39, 0.29) is 24.0 Å². The number of aryl methyl sites for hydroxylation is 2. The number of aliphatic hydroxyl groups is 1. The van der Waals surface area contributed by atoms with E-state index >= 15 is 0 Å². The first-order valence-corrected chi connectivity index (χ1v) is 8.14. The van der Waals surface area contributed by atoms with Gasteiger partial charge in [0.2, 0.25) is 0 Å². The van der Waals surface area contributed by atoms with Gasteiger partial charge < -0.3 is 10.0 Å². The first-order chi connectivity index (χ1) is 10.1. The monoisotopic (exact) mass is 287 g/mol. The number of likely N-dealkylation sites (tertiary alicyclic amines) is 1. The molecule has 0 spiro atoms. The standard InChI is InChI=1S/C18H25NO2/c1-12-8-9-13(2)15(11-12)18(21)19-10-4-6-16(19)14-5-3-7-17(14)20/h8-9,11,14,16-17,20H,3-7,10H2,1-2H3. The average molecular weight is 287 g/mol. The Bertz CT molecular complexity index is 540. The van der Waals surface area contributed by atoms with Crippen molar-refractivity contribution in [2.45, 2.75) is 58.1 Å². The van der Waals surface area contributed by atoms with Gasteiger partial charge in [0.25, 0.3) is 5.91 Å². The molecule has 0 bridgehead atoms. The SMILES string of the molecule is Cc1ccc(C)c(C(=O)N2CCCC2C2CCCC2O)c1. The smallest absolute Gasteiger partial charge is 0.254 e. The maximum Gasteiger partial charge on any atom is 0.254 e. The second-order valence-corrected chi connectivity index (χ2v) is 6.69. The molecule has 1 aromatic rings. The molecule has 1 aromatic carbocycles. The number of nitrogens with zero attached hydrogens (tertiary/aromatic N) is 1. The van der Waals surface area contributed by atoms with Crippen molar-refractivity contribution in [1.29, 1.82) is 0 Å². The summed E-state index contributed by atoms with van der Waals surface area (Å²) in [5.41, 5.74) is 3.00. The highest BCUT2D eigenvalue weighted by atomic mass is 16.3. The molecule has 1 saturated heterocycles. The Hall–Kier alpha value is -1.35. The topological polar surface area (TPSA) is 40.5 Å². The molecular weight excluding hydrogens is 262 g/mol. The van der Waals surface area contributed by atoms with Crippen molar-refractivity contribution in [1.82, 2.24) is 4.90 Å². The maximum absolute atomic E-state index is 12.9. The van der Waals surface area contributed by atoms with Crippen LogP contribution in [0, 0.1) is 19.8 Å². The van der Waals surface area contributed by atoms with Gasteiger partial charge in [-0.15, -0.1) is 0 Å². The molecule has 0 radical (unpaired) electrons. The Kier molecular flexibility index (Phi) is 4.03. The number of rotatable bonds is 2. The minimum absolute atomic E-state index is 0.151. The third-order valence-electron chi connectivity index (χ3n) is 5.21. The second kappa shape index (κ2) is 5.80. The number of hydrogen-bond donors (Lipinski definition) is 1. The van der Waals surface area contributed by atoms with Crippen molar-refractivity contribution < 1.29 is 9.90 Å². The summed E-state index contributed by atoms with van der Waals surface area (Å²) < 4.78 is 0. The number of carbonyl (C=O) groups excluding carboxylic acids is 1. The van der Waals surface area contributed by atoms with Crippen molar-refractivity contribution in [3.05, 3.63) is 34.9 Å². The first kappa shape index (κ1) is 14.6. The van der Waals surface area contributed by atoms with Gasteiger partial charge in [-0.05, 0) is 51.2 Å². The van der Waals surface area contributed by atoms with Crippen LogP contribution in [0.1, 0.15) is 53.6 Å². The molecule has 0 aromatic heterocycles. The molecule has 3 atom stereocenters. The van der Waals surface area contributed by atoms with Gasteiger partial charge in [-0.1, -0.05) is 24.1 Å². The lowest BCUT2D eigenvalue weighted by molar-refractivity contribution is 0.0527. The van der Waals surface area contributed by atoms with E-state index in [1.54, 1.807) is 0 Å². The van der Waals surface area contributed by atoms with Crippen molar-refractivity contribution in [2.75, 3.05) is 6.54 Å². The zero-order chi connectivity index (χ0) is 15.0. The summed E-state index contributed by atoms with van der Waals surface area (Å²) in [6, 6.07) is 6.31. The third kappa shape index (κ3) is 2.71. The largest absolute Gasteiger partial charge is 0.393 e. The van der Waals surface area contributed by atoms with Crippen molar-refractivity contribution >= 4 is 5.91 Å². The van der Waals surface area contributed by atoms with Crippen LogP contribution in [0.25, 0.3) is 0 Å². The van der Waals surface area contributed by atoms with Gasteiger partial charge in [0.15, 0.2) is 0 Å². The minimum atomic E-state index is -0.220. The van der Waals surface area contributed by atoms with E-state index < -0.39 is 0 Å². The van der Waals surface area contributed by atoms with Gasteiger partial charge in [-0.2, -0.15) is 0 Å². The summed E-state index contributed by atoms with van der Waals surface area (Å²) in [5.74, 6) is 0.430. The Morgan fingerprint density at radius 1 is 1.19 bits per heavy atom. The summed E-state index contributed by atoms with van der Waals surface area (Å²) in [7, 11) is 0. The number of carbonyl (C=O) groups is 1. The highest BCUT2D eigenvalue weighted by Crippen LogP contribution is 2.36. The van der Waals surface area contributed by atoms with Gasteiger partial charge in [-0.3, -0.25) is 4.79 Å². The predicted octanol–water partition coefficient (Wildman–Crippen LogP) is 3.07. The van der Waals surface area contributed by atoms with Gasteiger partial charge in [0.1, 0.15) is 0 Å². The lowest BCUT2D eigenvalue weighted by Gasteiger charge is -2.31. The molecule has 21 heavy (non-hydrogen) atoms. The fourth-order valence-corrected chi connectivity index (χ4v) is 4.03. The zero-order valence-electron chi connectivity index (χ0n) is 13.0. The van der Waals surface area contributed by atoms with Crippen molar-refractivity contribution in [2.24, 2.45) is 5.92 Å². The fraction of sp³-hybridized carbons (Fsp3) is 0.611. The second-order valence-electron chi connectivity index (χ2n) is 6.69. The van der Waals surface area contributed by atoms with E-state index in [1.165, 1.54) is 0 Å². The van der Waals surface area contributed by atoms with E-state index in [2.05, 4.69) is 0 Å². The van der Waals surface area contributed by atoms with Crippen LogP contribution in [0.15, 0.2) is 18.2 Å². The van der Waals surface area contributed by atoms with Crippen molar-refractivity contribution in [3.8, 4) is 0 Å². The van der Waals surface area contributed by atoms with Gasteiger partial charge in [0.05, 0.1) is 6.10 Å². The van der Waals surface area contributed by atoms with Crippen LogP contribution >= 0.6 is 0 Å². The molecule has 1 amide bonds. The summed E-state index contributed by atoms with van der Waals surface area (Å²) in [4.78, 5) is 15.0. The molecule has 3 heteroatoms. The molecule has 1 saturated carbocycles. The quantitative estimate of drug-likeness (QED) is 0.908. The van der Waals surface area contributed by atoms with Crippen LogP contribution in [0.5, 0.6) is 0 Å². The highest BCUT2D eigenvalue weighted by Gasteiger charge is 2.40. The van der Waals surface area contributed by atoms with E-state index in [4.69, 9.17) is 0 Å². The van der Waals surface area contributed by atoms with Crippen LogP contribution in [0.4, 0.5) is 0 Å². The minimum Gasteiger partial charge on any atom is -0.393 e. The van der Waals surface area contributed by atoms with Crippen LogP contribution in [-0.2, 0) is 0 Å². The zero-order valence-corrected chi connectivity index (χ0v) is 13.0. The Labute approximate surface area is 127 Å². The normalized spacial score (nSPS) is 29.1. The lowest BCUT2D eigenvalue weighted by atomic mass is 9.93. The molecule has 3 rings (SSSR count). The molecule has 2 aliphatic rings. The van der Waals surface area contributed by atoms with Gasteiger partial charge in [-0.25, -0.2) is 0 Å². The van der Waals surface area contributed by atoms with Gasteiger partial charge >= 0.3 is 0 Å². The summed E-state index contributed by atoms with van der Waals surface area (Å²) >= 11 is 0. The molecule has 1 heterocycles. The highest BCUT2D eigenvalue weighted by molar-refractivity contribution is 5.96. The van der Waals surface area contributed by atoms with Crippen LogP contribution in [-0.4, -0.2) is 34.6 Å². The van der Waals surface area contributed by atoms with E-state index in [1.807, 2.05) is 36.9 Å². The maximum atomic E-state index is 12.9. The first-order valence-electron chi connectivity index (χ1n) is 8.14.